The predicted molar refractivity (Wildman–Crippen MR) is 99.2 cm³/mol. The topological polar surface area (TPSA) is 52.7 Å². The van der Waals surface area contributed by atoms with Crippen molar-refractivity contribution < 1.29 is 14.0 Å². The maximum Gasteiger partial charge on any atom is 0.242 e. The zero-order valence-electron chi connectivity index (χ0n) is 15.4. The molecule has 6 heteroatoms. The van der Waals surface area contributed by atoms with Crippen LogP contribution < -0.4 is 5.32 Å². The normalized spacial score (nSPS) is 20.2. The van der Waals surface area contributed by atoms with E-state index in [-0.39, 0.29) is 23.7 Å². The van der Waals surface area contributed by atoms with E-state index in [1.807, 2.05) is 11.8 Å². The van der Waals surface area contributed by atoms with Crippen LogP contribution in [0.4, 0.5) is 10.1 Å². The lowest BCUT2D eigenvalue weighted by Crippen LogP contribution is -2.56. The number of amides is 2. The monoisotopic (exact) mass is 361 g/mol. The Balaban J connectivity index is 1.68. The predicted octanol–water partition coefficient (Wildman–Crippen LogP) is 2.88. The van der Waals surface area contributed by atoms with Crippen molar-refractivity contribution in [3.8, 4) is 0 Å². The summed E-state index contributed by atoms with van der Waals surface area (Å²) >= 11 is 0. The minimum absolute atomic E-state index is 0.0150. The van der Waals surface area contributed by atoms with Crippen LogP contribution in [0.15, 0.2) is 24.3 Å². The number of benzene rings is 1. The van der Waals surface area contributed by atoms with E-state index in [0.29, 0.717) is 31.1 Å². The van der Waals surface area contributed by atoms with Crippen LogP contribution in [0.25, 0.3) is 0 Å². The lowest BCUT2D eigenvalue weighted by atomic mass is 9.95. The molecule has 0 radical (unpaired) electrons. The number of carbonyl (C=O) groups is 2. The Kier molecular flexibility index (Phi) is 6.25. The van der Waals surface area contributed by atoms with Gasteiger partial charge in [-0.15, -0.1) is 0 Å². The van der Waals surface area contributed by atoms with Crippen LogP contribution in [0.1, 0.15) is 39.0 Å². The van der Waals surface area contributed by atoms with Crippen LogP contribution in [0.5, 0.6) is 0 Å². The minimum Gasteiger partial charge on any atom is -0.340 e. The highest BCUT2D eigenvalue weighted by molar-refractivity contribution is 5.95. The minimum atomic E-state index is -0.313. The molecule has 2 amide bonds. The quantitative estimate of drug-likeness (QED) is 0.877. The number of nitrogens with zero attached hydrogens (tertiary/aromatic N) is 2. The molecule has 1 saturated carbocycles. The van der Waals surface area contributed by atoms with E-state index in [4.69, 9.17) is 0 Å². The van der Waals surface area contributed by atoms with Gasteiger partial charge in [-0.05, 0) is 43.0 Å². The van der Waals surface area contributed by atoms with Crippen LogP contribution in [-0.2, 0) is 9.59 Å². The molecule has 2 aliphatic rings. The van der Waals surface area contributed by atoms with Crippen LogP contribution in [0.3, 0.4) is 0 Å². The second-order valence-corrected chi connectivity index (χ2v) is 7.26. The average molecular weight is 361 g/mol. The molecule has 0 unspecified atom stereocenters. The second kappa shape index (κ2) is 8.62. The largest absolute Gasteiger partial charge is 0.340 e. The molecule has 1 atom stereocenters. The maximum absolute atomic E-state index is 13.1. The average Bonchev–Trinajstić information content (AvgIpc) is 3.18. The SMILES string of the molecule is CCC(=O)N1CCN([C@H](C(=O)Nc2ccc(F)cc2)C2CCCC2)CC1. The summed E-state index contributed by atoms with van der Waals surface area (Å²) in [6.45, 7) is 4.69. The number of halogens is 1. The van der Waals surface area contributed by atoms with Gasteiger partial charge < -0.3 is 10.2 Å². The summed E-state index contributed by atoms with van der Waals surface area (Å²) in [4.78, 5) is 29.0. The second-order valence-electron chi connectivity index (χ2n) is 7.26. The van der Waals surface area contributed by atoms with Gasteiger partial charge in [0.05, 0.1) is 6.04 Å². The molecular formula is C20H28FN3O2. The lowest BCUT2D eigenvalue weighted by Gasteiger charge is -2.40. The number of hydrogen-bond acceptors (Lipinski definition) is 3. The van der Waals surface area contributed by atoms with Gasteiger partial charge in [-0.2, -0.15) is 0 Å². The van der Waals surface area contributed by atoms with Gasteiger partial charge in [0.1, 0.15) is 5.82 Å². The highest BCUT2D eigenvalue weighted by atomic mass is 19.1. The summed E-state index contributed by atoms with van der Waals surface area (Å²) in [5, 5.41) is 2.96. The van der Waals surface area contributed by atoms with Crippen LogP contribution in [0.2, 0.25) is 0 Å². The molecule has 1 saturated heterocycles. The molecule has 0 bridgehead atoms. The van der Waals surface area contributed by atoms with Gasteiger partial charge in [-0.3, -0.25) is 14.5 Å². The van der Waals surface area contributed by atoms with Crippen LogP contribution >= 0.6 is 0 Å². The highest BCUT2D eigenvalue weighted by Gasteiger charge is 2.37. The molecule has 1 aromatic rings. The molecule has 5 nitrogen and oxygen atoms in total. The van der Waals surface area contributed by atoms with E-state index in [1.54, 1.807) is 12.1 Å². The van der Waals surface area contributed by atoms with E-state index in [2.05, 4.69) is 10.2 Å². The van der Waals surface area contributed by atoms with Crippen molar-refractivity contribution in [1.29, 1.82) is 0 Å². The molecule has 1 aromatic carbocycles. The molecule has 0 aromatic heterocycles. The van der Waals surface area contributed by atoms with E-state index < -0.39 is 0 Å². The highest BCUT2D eigenvalue weighted by Crippen LogP contribution is 2.31. The maximum atomic E-state index is 13.1. The third kappa shape index (κ3) is 4.41. The first-order valence-electron chi connectivity index (χ1n) is 9.66. The fourth-order valence-electron chi connectivity index (χ4n) is 4.17. The summed E-state index contributed by atoms with van der Waals surface area (Å²) in [5.74, 6) is 0.201. The number of nitrogens with one attached hydrogen (secondary N) is 1. The van der Waals surface area contributed by atoms with Gasteiger partial charge in [-0.1, -0.05) is 19.8 Å². The summed E-state index contributed by atoms with van der Waals surface area (Å²) in [6.07, 6.45) is 4.99. The van der Waals surface area contributed by atoms with Crippen LogP contribution in [0, 0.1) is 11.7 Å². The van der Waals surface area contributed by atoms with Gasteiger partial charge >= 0.3 is 0 Å². The van der Waals surface area contributed by atoms with Crippen molar-refractivity contribution in [3.63, 3.8) is 0 Å². The first-order valence-corrected chi connectivity index (χ1v) is 9.66. The summed E-state index contributed by atoms with van der Waals surface area (Å²) in [7, 11) is 0. The zero-order chi connectivity index (χ0) is 18.5. The zero-order valence-corrected chi connectivity index (χ0v) is 15.4. The fourth-order valence-corrected chi connectivity index (χ4v) is 4.17. The number of anilines is 1. The smallest absolute Gasteiger partial charge is 0.242 e. The van der Waals surface area contributed by atoms with Gasteiger partial charge in [0.25, 0.3) is 0 Å². The molecule has 26 heavy (non-hydrogen) atoms. The molecule has 1 aliphatic heterocycles. The molecule has 0 spiro atoms. The van der Waals surface area contributed by atoms with Crippen molar-refractivity contribution in [3.05, 3.63) is 30.1 Å². The summed E-state index contributed by atoms with van der Waals surface area (Å²) in [6, 6.07) is 5.72. The molecule has 3 rings (SSSR count). The standard InChI is InChI=1S/C20H28FN3O2/c1-2-18(25)23-11-13-24(14-12-23)19(15-5-3-4-6-15)20(26)22-17-9-7-16(21)8-10-17/h7-10,15,19H,2-6,11-14H2,1H3,(H,22,26)/t19-/m0/s1. The molecule has 1 N–H and O–H groups in total. The Morgan fingerprint density at radius 2 is 1.73 bits per heavy atom. The van der Waals surface area contributed by atoms with Crippen molar-refractivity contribution >= 4 is 17.5 Å². The summed E-state index contributed by atoms with van der Waals surface area (Å²) in [5.41, 5.74) is 0.624. The van der Waals surface area contributed by atoms with Gasteiger partial charge in [0.2, 0.25) is 11.8 Å². The Morgan fingerprint density at radius 3 is 2.31 bits per heavy atom. The molecule has 142 valence electrons. The Hall–Kier alpha value is -1.95. The van der Waals surface area contributed by atoms with E-state index >= 15 is 0 Å². The summed E-state index contributed by atoms with van der Waals surface area (Å²) < 4.78 is 13.1. The third-order valence-corrected chi connectivity index (χ3v) is 5.59. The van der Waals surface area contributed by atoms with E-state index in [1.165, 1.54) is 25.0 Å². The first kappa shape index (κ1) is 18.8. The van der Waals surface area contributed by atoms with Crippen molar-refractivity contribution in [1.82, 2.24) is 9.80 Å². The van der Waals surface area contributed by atoms with Gasteiger partial charge in [0.15, 0.2) is 0 Å². The molecule has 1 heterocycles. The van der Waals surface area contributed by atoms with Crippen LogP contribution in [-0.4, -0.2) is 53.8 Å². The van der Waals surface area contributed by atoms with E-state index in [0.717, 1.165) is 25.9 Å². The fraction of sp³-hybridized carbons (Fsp3) is 0.600. The Bertz CT molecular complexity index is 620. The van der Waals surface area contributed by atoms with E-state index in [9.17, 15) is 14.0 Å². The van der Waals surface area contributed by atoms with Gasteiger partial charge in [-0.25, -0.2) is 4.39 Å². The number of hydrogen-bond donors (Lipinski definition) is 1. The lowest BCUT2D eigenvalue weighted by molar-refractivity contribution is -0.134. The molecule has 2 fully saturated rings. The Morgan fingerprint density at radius 1 is 1.12 bits per heavy atom. The number of piperazine rings is 1. The number of rotatable bonds is 5. The molecule has 1 aliphatic carbocycles. The van der Waals surface area contributed by atoms with Crippen molar-refractivity contribution in [2.45, 2.75) is 45.1 Å². The van der Waals surface area contributed by atoms with Crippen molar-refractivity contribution in [2.75, 3.05) is 31.5 Å². The first-order chi connectivity index (χ1) is 12.6. The molecular weight excluding hydrogens is 333 g/mol. The Labute approximate surface area is 154 Å². The number of carbonyl (C=O) groups excluding carboxylic acids is 2. The van der Waals surface area contributed by atoms with Crippen molar-refractivity contribution in [2.24, 2.45) is 5.92 Å². The third-order valence-electron chi connectivity index (χ3n) is 5.59. The van der Waals surface area contributed by atoms with Gasteiger partial charge in [0, 0.05) is 38.3 Å².